The van der Waals surface area contributed by atoms with Crippen LogP contribution in [-0.4, -0.2) is 34.4 Å². The Kier molecular flexibility index (Phi) is 3.66. The number of hydrogen-bond donors (Lipinski definition) is 2. The quantitative estimate of drug-likeness (QED) is 0.730. The van der Waals surface area contributed by atoms with Crippen molar-refractivity contribution in [2.24, 2.45) is 0 Å². The van der Waals surface area contributed by atoms with E-state index in [2.05, 4.69) is 22.6 Å². The van der Waals surface area contributed by atoms with E-state index in [-0.39, 0.29) is 0 Å². The van der Waals surface area contributed by atoms with Crippen molar-refractivity contribution < 1.29 is 29.3 Å². The molecule has 0 aromatic heterocycles. The Morgan fingerprint density at radius 3 is 2.38 bits per heavy atom. The van der Waals surface area contributed by atoms with Gasteiger partial charge in [-0.3, -0.25) is 0 Å². The molecule has 3 rings (SSSR count). The SMILES string of the molecule is O=C(O)[C@@H]1OC2(CCCc3cccc(I)c32)O[C@H]1C(=O)O. The van der Waals surface area contributed by atoms with Gasteiger partial charge in [-0.25, -0.2) is 9.59 Å². The number of aryl methyl sites for hydroxylation is 1. The fourth-order valence-electron chi connectivity index (χ4n) is 3.00. The van der Waals surface area contributed by atoms with Crippen molar-refractivity contribution in [3.8, 4) is 0 Å². The van der Waals surface area contributed by atoms with Crippen molar-refractivity contribution in [1.29, 1.82) is 0 Å². The molecule has 1 spiro atoms. The lowest BCUT2D eigenvalue weighted by Gasteiger charge is -2.34. The smallest absolute Gasteiger partial charge is 0.336 e. The van der Waals surface area contributed by atoms with Crippen molar-refractivity contribution in [3.63, 3.8) is 0 Å². The summed E-state index contributed by atoms with van der Waals surface area (Å²) >= 11 is 2.14. The van der Waals surface area contributed by atoms with Crippen LogP contribution in [0.3, 0.4) is 0 Å². The summed E-state index contributed by atoms with van der Waals surface area (Å²) in [6.07, 6.45) is -0.941. The van der Waals surface area contributed by atoms with Gasteiger partial charge in [0.1, 0.15) is 0 Å². The van der Waals surface area contributed by atoms with Crippen molar-refractivity contribution in [2.75, 3.05) is 0 Å². The minimum absolute atomic E-state index is 0.452. The monoisotopic (exact) mass is 404 g/mol. The second-order valence-corrected chi connectivity index (χ2v) is 6.30. The maximum Gasteiger partial charge on any atom is 0.336 e. The van der Waals surface area contributed by atoms with Crippen LogP contribution in [0.2, 0.25) is 0 Å². The van der Waals surface area contributed by atoms with E-state index < -0.39 is 29.9 Å². The van der Waals surface area contributed by atoms with Gasteiger partial charge in [0.25, 0.3) is 0 Å². The average Bonchev–Trinajstić information content (AvgIpc) is 2.80. The Bertz CT molecular complexity index is 591. The summed E-state index contributed by atoms with van der Waals surface area (Å²) in [5.41, 5.74) is 1.79. The van der Waals surface area contributed by atoms with Crippen molar-refractivity contribution >= 4 is 34.5 Å². The fourth-order valence-corrected chi connectivity index (χ4v) is 3.96. The molecule has 1 aliphatic heterocycles. The van der Waals surface area contributed by atoms with Gasteiger partial charge in [0.05, 0.1) is 0 Å². The summed E-state index contributed by atoms with van der Waals surface area (Å²) in [6, 6.07) is 5.73. The van der Waals surface area contributed by atoms with Crippen LogP contribution in [0.1, 0.15) is 24.0 Å². The molecule has 1 saturated heterocycles. The first-order valence-corrected chi connectivity index (χ1v) is 7.61. The summed E-state index contributed by atoms with van der Waals surface area (Å²) in [6.45, 7) is 0. The molecular weight excluding hydrogens is 391 g/mol. The Hall–Kier alpha value is -1.19. The molecule has 1 aromatic rings. The zero-order valence-corrected chi connectivity index (χ0v) is 13.1. The highest BCUT2D eigenvalue weighted by Gasteiger charge is 2.56. The number of benzene rings is 1. The number of hydrogen-bond acceptors (Lipinski definition) is 4. The molecule has 2 N–H and O–H groups in total. The Balaban J connectivity index is 2.08. The van der Waals surface area contributed by atoms with Gasteiger partial charge in [-0.05, 0) is 47.1 Å². The predicted octanol–water partition coefficient (Wildman–Crippen LogP) is 1.73. The first kappa shape index (κ1) is 14.7. The van der Waals surface area contributed by atoms with E-state index in [4.69, 9.17) is 9.47 Å². The molecule has 1 fully saturated rings. The second kappa shape index (κ2) is 5.22. The second-order valence-electron chi connectivity index (χ2n) is 5.13. The number of rotatable bonds is 2. The zero-order valence-electron chi connectivity index (χ0n) is 10.9. The average molecular weight is 404 g/mol. The molecule has 0 amide bonds. The van der Waals surface area contributed by atoms with Crippen LogP contribution in [0.25, 0.3) is 0 Å². The summed E-state index contributed by atoms with van der Waals surface area (Å²) in [5, 5.41) is 18.4. The van der Waals surface area contributed by atoms with Crippen molar-refractivity contribution in [1.82, 2.24) is 0 Å². The molecule has 7 heteroatoms. The van der Waals surface area contributed by atoms with E-state index >= 15 is 0 Å². The lowest BCUT2D eigenvalue weighted by Crippen LogP contribution is -2.36. The van der Waals surface area contributed by atoms with Gasteiger partial charge < -0.3 is 19.7 Å². The third-order valence-electron chi connectivity index (χ3n) is 3.83. The molecule has 112 valence electrons. The van der Waals surface area contributed by atoms with E-state index in [1.54, 1.807) is 0 Å². The minimum Gasteiger partial charge on any atom is -0.479 e. The first-order chi connectivity index (χ1) is 9.94. The van der Waals surface area contributed by atoms with E-state index in [1.807, 2.05) is 18.2 Å². The standard InChI is InChI=1S/C14H13IO6/c15-8-5-1-3-7-4-2-6-14(9(7)8)20-10(12(16)17)11(21-14)13(18)19/h1,3,5,10-11H,2,4,6H2,(H,16,17)(H,18,19)/t10-,11-/m1/s1. The topological polar surface area (TPSA) is 93.1 Å². The molecule has 1 aromatic carbocycles. The Morgan fingerprint density at radius 1 is 1.19 bits per heavy atom. The molecule has 21 heavy (non-hydrogen) atoms. The van der Waals surface area contributed by atoms with Gasteiger partial charge >= 0.3 is 11.9 Å². The minimum atomic E-state index is -1.50. The summed E-state index contributed by atoms with van der Waals surface area (Å²) in [4.78, 5) is 22.5. The van der Waals surface area contributed by atoms with E-state index in [0.29, 0.717) is 6.42 Å². The lowest BCUT2D eigenvalue weighted by molar-refractivity contribution is -0.201. The maximum absolute atomic E-state index is 11.3. The predicted molar refractivity (Wildman–Crippen MR) is 78.8 cm³/mol. The Morgan fingerprint density at radius 2 is 1.81 bits per heavy atom. The number of ether oxygens (including phenoxy) is 2. The molecule has 1 aliphatic carbocycles. The van der Waals surface area contributed by atoms with Gasteiger partial charge in [-0.2, -0.15) is 0 Å². The van der Waals surface area contributed by atoms with Gasteiger partial charge in [0.2, 0.25) is 0 Å². The first-order valence-electron chi connectivity index (χ1n) is 6.54. The number of halogens is 1. The maximum atomic E-state index is 11.3. The third kappa shape index (κ3) is 2.33. The number of carbonyl (C=O) groups is 2. The summed E-state index contributed by atoms with van der Waals surface area (Å²) < 4.78 is 12.1. The van der Waals surface area contributed by atoms with Crippen LogP contribution >= 0.6 is 22.6 Å². The van der Waals surface area contributed by atoms with Crippen LogP contribution in [0.4, 0.5) is 0 Å². The van der Waals surface area contributed by atoms with Crippen LogP contribution in [-0.2, 0) is 31.3 Å². The van der Waals surface area contributed by atoms with Crippen LogP contribution in [0, 0.1) is 3.57 Å². The molecule has 6 nitrogen and oxygen atoms in total. The van der Waals surface area contributed by atoms with Crippen molar-refractivity contribution in [2.45, 2.75) is 37.3 Å². The fraction of sp³-hybridized carbons (Fsp3) is 0.429. The number of fused-ring (bicyclic) bond motifs is 2. The largest absolute Gasteiger partial charge is 0.479 e. The molecule has 0 radical (unpaired) electrons. The molecule has 2 atom stereocenters. The van der Waals surface area contributed by atoms with E-state index in [0.717, 1.165) is 27.5 Å². The van der Waals surface area contributed by atoms with Crippen LogP contribution in [0.15, 0.2) is 18.2 Å². The number of carboxylic acid groups (broad SMARTS) is 2. The van der Waals surface area contributed by atoms with Gasteiger partial charge in [0.15, 0.2) is 18.0 Å². The van der Waals surface area contributed by atoms with E-state index in [1.165, 1.54) is 0 Å². The molecule has 2 aliphatic rings. The Labute approximate surface area is 134 Å². The normalized spacial score (nSPS) is 26.5. The third-order valence-corrected chi connectivity index (χ3v) is 4.73. The molecule has 0 unspecified atom stereocenters. The zero-order chi connectivity index (χ0) is 15.2. The van der Waals surface area contributed by atoms with Gasteiger partial charge in [0, 0.05) is 15.6 Å². The lowest BCUT2D eigenvalue weighted by atomic mass is 9.86. The number of carboxylic acids is 2. The van der Waals surface area contributed by atoms with E-state index in [9.17, 15) is 19.8 Å². The van der Waals surface area contributed by atoms with Gasteiger partial charge in [-0.1, -0.05) is 12.1 Å². The number of aliphatic carboxylic acids is 2. The molecule has 0 bridgehead atoms. The van der Waals surface area contributed by atoms with Crippen molar-refractivity contribution in [3.05, 3.63) is 32.9 Å². The highest BCUT2D eigenvalue weighted by atomic mass is 127. The van der Waals surface area contributed by atoms with Gasteiger partial charge in [-0.15, -0.1) is 0 Å². The highest BCUT2D eigenvalue weighted by molar-refractivity contribution is 14.1. The van der Waals surface area contributed by atoms with Crippen LogP contribution in [0.5, 0.6) is 0 Å². The van der Waals surface area contributed by atoms with Crippen LogP contribution < -0.4 is 0 Å². The molecular formula is C14H13IO6. The molecule has 1 heterocycles. The molecule has 0 saturated carbocycles. The summed E-state index contributed by atoms with van der Waals surface area (Å²) in [5.74, 6) is -3.91. The summed E-state index contributed by atoms with van der Waals surface area (Å²) in [7, 11) is 0. The highest BCUT2D eigenvalue weighted by Crippen LogP contribution is 2.47.